The van der Waals surface area contributed by atoms with Crippen LogP contribution in [-0.4, -0.2) is 25.8 Å². The first-order valence-electron chi connectivity index (χ1n) is 6.92. The van der Waals surface area contributed by atoms with Crippen LogP contribution in [0.5, 0.6) is 0 Å². The molecule has 0 aliphatic heterocycles. The molecule has 0 saturated carbocycles. The van der Waals surface area contributed by atoms with Gasteiger partial charge in [-0.1, -0.05) is 31.5 Å². The fourth-order valence-corrected chi connectivity index (χ4v) is 2.00. The molecule has 0 spiro atoms. The zero-order chi connectivity index (χ0) is 14.1. The smallest absolute Gasteiger partial charge is 0.338 e. The Kier molecular flexibility index (Phi) is 7.19. The summed E-state index contributed by atoms with van der Waals surface area (Å²) in [5.41, 5.74) is 0.610. The van der Waals surface area contributed by atoms with Crippen LogP contribution in [0.1, 0.15) is 43.5 Å². The summed E-state index contributed by atoms with van der Waals surface area (Å²) in [6.07, 6.45) is 2.93. The van der Waals surface area contributed by atoms with Gasteiger partial charge < -0.3 is 9.47 Å². The molecular weight excluding hydrogens is 240 g/mol. The van der Waals surface area contributed by atoms with Crippen LogP contribution in [0.2, 0.25) is 0 Å². The molecule has 3 nitrogen and oxygen atoms in total. The lowest BCUT2D eigenvalue weighted by atomic mass is 9.99. The molecule has 0 saturated heterocycles. The van der Waals surface area contributed by atoms with Crippen molar-refractivity contribution in [2.45, 2.75) is 39.2 Å². The summed E-state index contributed by atoms with van der Waals surface area (Å²) in [5.74, 6) is 0.302. The maximum Gasteiger partial charge on any atom is 0.338 e. The van der Waals surface area contributed by atoms with E-state index in [9.17, 15) is 4.79 Å². The molecule has 0 fully saturated rings. The Labute approximate surface area is 115 Å². The van der Waals surface area contributed by atoms with E-state index < -0.39 is 0 Å². The minimum atomic E-state index is -0.243. The lowest BCUT2D eigenvalue weighted by molar-refractivity contribution is 0.0299. The zero-order valence-electron chi connectivity index (χ0n) is 12.1. The number of rotatable bonds is 8. The molecule has 106 valence electrons. The van der Waals surface area contributed by atoms with Gasteiger partial charge in [0.2, 0.25) is 0 Å². The molecular formula is C16H24O3. The Bertz CT molecular complexity index is 362. The van der Waals surface area contributed by atoms with Crippen LogP contribution in [0, 0.1) is 5.92 Å². The molecule has 0 heterocycles. The summed E-state index contributed by atoms with van der Waals surface area (Å²) in [5, 5.41) is 0. The average molecular weight is 264 g/mol. The number of esters is 1. The lowest BCUT2D eigenvalue weighted by Gasteiger charge is -2.17. The Morgan fingerprint density at radius 2 is 1.89 bits per heavy atom. The molecule has 0 radical (unpaired) electrons. The van der Waals surface area contributed by atoms with Gasteiger partial charge in [-0.2, -0.15) is 0 Å². The highest BCUT2D eigenvalue weighted by Gasteiger charge is 2.14. The first-order chi connectivity index (χ1) is 9.17. The molecule has 0 N–H and O–H groups in total. The van der Waals surface area contributed by atoms with Crippen molar-refractivity contribution in [3.8, 4) is 0 Å². The van der Waals surface area contributed by atoms with Crippen LogP contribution in [0.4, 0.5) is 0 Å². The molecule has 1 rings (SSSR count). The molecule has 2 unspecified atom stereocenters. The van der Waals surface area contributed by atoms with E-state index in [1.165, 1.54) is 0 Å². The maximum atomic E-state index is 11.8. The molecule has 0 bridgehead atoms. The van der Waals surface area contributed by atoms with E-state index in [2.05, 4.69) is 6.92 Å². The van der Waals surface area contributed by atoms with Crippen molar-refractivity contribution in [1.29, 1.82) is 0 Å². The van der Waals surface area contributed by atoms with E-state index >= 15 is 0 Å². The molecule has 19 heavy (non-hydrogen) atoms. The maximum absolute atomic E-state index is 11.8. The molecule has 0 aromatic heterocycles. The van der Waals surface area contributed by atoms with Gasteiger partial charge in [0.05, 0.1) is 11.7 Å². The highest BCUT2D eigenvalue weighted by atomic mass is 16.5. The van der Waals surface area contributed by atoms with Crippen molar-refractivity contribution in [1.82, 2.24) is 0 Å². The largest absolute Gasteiger partial charge is 0.459 e. The highest BCUT2D eigenvalue weighted by Crippen LogP contribution is 2.15. The van der Waals surface area contributed by atoms with E-state index in [1.807, 2.05) is 25.1 Å². The number of ether oxygens (including phenoxy) is 2. The Morgan fingerprint density at radius 3 is 2.47 bits per heavy atom. The molecule has 1 aromatic rings. The Hall–Kier alpha value is -1.35. The third-order valence-electron chi connectivity index (χ3n) is 3.28. The summed E-state index contributed by atoms with van der Waals surface area (Å²) in [4.78, 5) is 11.8. The molecule has 1 aromatic carbocycles. The Morgan fingerprint density at radius 1 is 1.21 bits per heavy atom. The third kappa shape index (κ3) is 5.88. The summed E-state index contributed by atoms with van der Waals surface area (Å²) >= 11 is 0. The van der Waals surface area contributed by atoms with Gasteiger partial charge in [-0.15, -0.1) is 0 Å². The van der Waals surface area contributed by atoms with Crippen molar-refractivity contribution in [3.05, 3.63) is 35.9 Å². The van der Waals surface area contributed by atoms with Gasteiger partial charge in [0.15, 0.2) is 0 Å². The van der Waals surface area contributed by atoms with Gasteiger partial charge in [-0.3, -0.25) is 0 Å². The van der Waals surface area contributed by atoms with Gasteiger partial charge in [0.1, 0.15) is 0 Å². The normalized spacial score (nSPS) is 13.8. The second-order valence-electron chi connectivity index (χ2n) is 4.89. The van der Waals surface area contributed by atoms with Gasteiger partial charge in [0.25, 0.3) is 0 Å². The molecule has 0 amide bonds. The van der Waals surface area contributed by atoms with Crippen molar-refractivity contribution < 1.29 is 14.3 Å². The van der Waals surface area contributed by atoms with Crippen molar-refractivity contribution in [2.75, 3.05) is 13.7 Å². The minimum Gasteiger partial charge on any atom is -0.459 e. The van der Waals surface area contributed by atoms with Crippen LogP contribution >= 0.6 is 0 Å². The van der Waals surface area contributed by atoms with Crippen LogP contribution in [-0.2, 0) is 9.47 Å². The summed E-state index contributed by atoms with van der Waals surface area (Å²) in [6.45, 7) is 4.88. The summed E-state index contributed by atoms with van der Waals surface area (Å²) in [6, 6.07) is 9.11. The van der Waals surface area contributed by atoms with Gasteiger partial charge >= 0.3 is 5.97 Å². The summed E-state index contributed by atoms with van der Waals surface area (Å²) < 4.78 is 10.6. The second kappa shape index (κ2) is 8.70. The standard InChI is InChI=1S/C16H24O3/c1-4-14(12-18-3)11-10-13(2)19-16(17)15-8-6-5-7-9-15/h5-9,13-14H,4,10-12H2,1-3H3. The van der Waals surface area contributed by atoms with E-state index in [1.54, 1.807) is 19.2 Å². The number of benzene rings is 1. The fourth-order valence-electron chi connectivity index (χ4n) is 2.00. The molecule has 2 atom stereocenters. The second-order valence-corrected chi connectivity index (χ2v) is 4.89. The first kappa shape index (κ1) is 15.7. The van der Waals surface area contributed by atoms with Crippen LogP contribution in [0.3, 0.4) is 0 Å². The molecule has 0 aliphatic carbocycles. The SMILES string of the molecule is CCC(CCC(C)OC(=O)c1ccccc1)COC. The fraction of sp³-hybridized carbons (Fsp3) is 0.562. The first-order valence-corrected chi connectivity index (χ1v) is 6.92. The predicted octanol–water partition coefficient (Wildman–Crippen LogP) is 3.68. The topological polar surface area (TPSA) is 35.5 Å². The highest BCUT2D eigenvalue weighted by molar-refractivity contribution is 5.89. The van der Waals surface area contributed by atoms with Gasteiger partial charge in [-0.25, -0.2) is 4.79 Å². The van der Waals surface area contributed by atoms with E-state index in [4.69, 9.17) is 9.47 Å². The van der Waals surface area contributed by atoms with Gasteiger partial charge in [0, 0.05) is 13.7 Å². The van der Waals surface area contributed by atoms with E-state index in [0.717, 1.165) is 25.9 Å². The Balaban J connectivity index is 2.35. The predicted molar refractivity (Wildman–Crippen MR) is 76.2 cm³/mol. The van der Waals surface area contributed by atoms with Gasteiger partial charge in [-0.05, 0) is 37.8 Å². The van der Waals surface area contributed by atoms with Crippen LogP contribution in [0.15, 0.2) is 30.3 Å². The van der Waals surface area contributed by atoms with Crippen molar-refractivity contribution in [2.24, 2.45) is 5.92 Å². The number of hydrogen-bond acceptors (Lipinski definition) is 3. The van der Waals surface area contributed by atoms with Crippen LogP contribution < -0.4 is 0 Å². The zero-order valence-corrected chi connectivity index (χ0v) is 12.1. The van der Waals surface area contributed by atoms with E-state index in [0.29, 0.717) is 11.5 Å². The monoisotopic (exact) mass is 264 g/mol. The number of hydrogen-bond donors (Lipinski definition) is 0. The average Bonchev–Trinajstić information content (AvgIpc) is 2.44. The summed E-state index contributed by atoms with van der Waals surface area (Å²) in [7, 11) is 1.72. The number of methoxy groups -OCH3 is 1. The lowest BCUT2D eigenvalue weighted by Crippen LogP contribution is -2.17. The van der Waals surface area contributed by atoms with Crippen LogP contribution in [0.25, 0.3) is 0 Å². The van der Waals surface area contributed by atoms with Crippen molar-refractivity contribution >= 4 is 5.97 Å². The number of carbonyl (C=O) groups excluding carboxylic acids is 1. The number of carbonyl (C=O) groups is 1. The molecule has 0 aliphatic rings. The third-order valence-corrected chi connectivity index (χ3v) is 3.28. The van der Waals surface area contributed by atoms with E-state index in [-0.39, 0.29) is 12.1 Å². The van der Waals surface area contributed by atoms with Crippen molar-refractivity contribution in [3.63, 3.8) is 0 Å². The quantitative estimate of drug-likeness (QED) is 0.672. The molecule has 3 heteroatoms. The minimum absolute atomic E-state index is 0.0568.